The lowest BCUT2D eigenvalue weighted by Crippen LogP contribution is -2.05. The number of esters is 2. The molecule has 4 nitrogen and oxygen atoms in total. The maximum atomic E-state index is 11.0. The molecular weight excluding hydrogens is 196 g/mol. The molecule has 0 aliphatic rings. The van der Waals surface area contributed by atoms with Gasteiger partial charge < -0.3 is 9.47 Å². The van der Waals surface area contributed by atoms with Crippen LogP contribution in [0.1, 0.15) is 20.8 Å². The minimum atomic E-state index is -0.624. The van der Waals surface area contributed by atoms with Crippen LogP contribution in [0.3, 0.4) is 0 Å². The van der Waals surface area contributed by atoms with Crippen LogP contribution >= 0.6 is 0 Å². The molecule has 0 aliphatic carbocycles. The van der Waals surface area contributed by atoms with Crippen LogP contribution in [0, 0.1) is 6.26 Å². The fourth-order valence-electron chi connectivity index (χ4n) is 0.452. The first-order chi connectivity index (χ1) is 6.84. The van der Waals surface area contributed by atoms with Crippen LogP contribution in [0.5, 0.6) is 0 Å². The minimum Gasteiger partial charge on any atom is -0.424 e. The molecule has 0 amide bonds. The van der Waals surface area contributed by atoms with Crippen molar-refractivity contribution in [3.8, 4) is 0 Å². The van der Waals surface area contributed by atoms with Crippen molar-refractivity contribution < 1.29 is 19.1 Å². The van der Waals surface area contributed by atoms with E-state index < -0.39 is 11.9 Å². The Bertz CT molecular complexity index is 336. The molecule has 0 aromatic heterocycles. The molecule has 4 heteroatoms. The van der Waals surface area contributed by atoms with Crippen LogP contribution in [0.2, 0.25) is 0 Å². The second-order valence-corrected chi connectivity index (χ2v) is 3.00. The van der Waals surface area contributed by atoms with Crippen molar-refractivity contribution in [1.29, 1.82) is 0 Å². The van der Waals surface area contributed by atoms with E-state index >= 15 is 0 Å². The largest absolute Gasteiger partial charge is 0.424 e. The zero-order chi connectivity index (χ0) is 12.0. The van der Waals surface area contributed by atoms with E-state index in [1.54, 1.807) is 0 Å². The third-order valence-corrected chi connectivity index (χ3v) is 1.23. The molecule has 0 spiro atoms. The van der Waals surface area contributed by atoms with E-state index in [-0.39, 0.29) is 16.9 Å². The van der Waals surface area contributed by atoms with Gasteiger partial charge in [-0.05, 0) is 20.8 Å². The van der Waals surface area contributed by atoms with E-state index in [9.17, 15) is 9.59 Å². The highest BCUT2D eigenvalue weighted by Crippen LogP contribution is 2.02. The summed E-state index contributed by atoms with van der Waals surface area (Å²) in [5.41, 5.74) is 0.490. The third-order valence-electron chi connectivity index (χ3n) is 1.23. The summed E-state index contributed by atoms with van der Waals surface area (Å²) in [6.45, 7) is 11.2. The van der Waals surface area contributed by atoms with Crippen LogP contribution in [0.15, 0.2) is 30.1 Å². The summed E-state index contributed by atoms with van der Waals surface area (Å²) >= 11 is 0. The zero-order valence-corrected chi connectivity index (χ0v) is 9.05. The monoisotopic (exact) mass is 209 g/mol. The quantitative estimate of drug-likeness (QED) is 0.403. The lowest BCUT2D eigenvalue weighted by atomic mass is 10.4. The van der Waals surface area contributed by atoms with Crippen molar-refractivity contribution in [1.82, 2.24) is 0 Å². The molecule has 15 heavy (non-hydrogen) atoms. The summed E-state index contributed by atoms with van der Waals surface area (Å²) in [4.78, 5) is 21.9. The first kappa shape index (κ1) is 13.2. The van der Waals surface area contributed by atoms with Crippen molar-refractivity contribution in [2.75, 3.05) is 0 Å². The van der Waals surface area contributed by atoms with Gasteiger partial charge in [-0.25, -0.2) is 9.59 Å². The molecule has 1 radical (unpaired) electrons. The average molecular weight is 209 g/mol. The molecule has 81 valence electrons. The lowest BCUT2D eigenvalue weighted by molar-refractivity contribution is -0.138. The smallest absolute Gasteiger partial charge is 0.338 e. The summed E-state index contributed by atoms with van der Waals surface area (Å²) in [6, 6.07) is 0. The van der Waals surface area contributed by atoms with Gasteiger partial charge in [0.25, 0.3) is 0 Å². The number of hydrogen-bond acceptors (Lipinski definition) is 4. The molecule has 0 fully saturated rings. The Balaban J connectivity index is 4.22. The first-order valence-electron chi connectivity index (χ1n) is 4.18. The predicted octanol–water partition coefficient (Wildman–Crippen LogP) is 1.89. The maximum absolute atomic E-state index is 11.0. The van der Waals surface area contributed by atoms with Gasteiger partial charge in [-0.15, -0.1) is 0 Å². The molecule has 0 aromatic carbocycles. The second kappa shape index (κ2) is 5.80. The fourth-order valence-corrected chi connectivity index (χ4v) is 0.452. The number of rotatable bonds is 4. The molecular formula is C11H13O4. The van der Waals surface area contributed by atoms with Crippen molar-refractivity contribution in [2.24, 2.45) is 0 Å². The highest BCUT2D eigenvalue weighted by molar-refractivity contribution is 5.88. The molecule has 0 aliphatic heterocycles. The Morgan fingerprint density at radius 1 is 1.00 bits per heavy atom. The van der Waals surface area contributed by atoms with Gasteiger partial charge in [0.1, 0.15) is 0 Å². The van der Waals surface area contributed by atoms with E-state index in [0.717, 1.165) is 0 Å². The standard InChI is InChI=1S/C11H13O4/c1-7(2)10(12)14-6-9(5)15-11(13)8(3)4/h1,3H2,2,4-5H3. The van der Waals surface area contributed by atoms with Crippen molar-refractivity contribution in [3.05, 3.63) is 36.3 Å². The summed E-state index contributed by atoms with van der Waals surface area (Å²) in [6.07, 6.45) is 2.17. The Labute approximate surface area is 88.9 Å². The van der Waals surface area contributed by atoms with E-state index in [1.807, 2.05) is 0 Å². The molecule has 0 saturated carbocycles. The van der Waals surface area contributed by atoms with Crippen molar-refractivity contribution in [3.63, 3.8) is 0 Å². The molecule has 0 heterocycles. The molecule has 0 atom stereocenters. The normalized spacial score (nSPS) is 10.5. The fraction of sp³-hybridized carbons (Fsp3) is 0.273. The topological polar surface area (TPSA) is 52.6 Å². The van der Waals surface area contributed by atoms with Gasteiger partial charge in [-0.3, -0.25) is 0 Å². The number of allylic oxidation sites excluding steroid dienone is 1. The number of ether oxygens (including phenoxy) is 2. The SMILES string of the molecule is C=C(C)C(=O)O/[C]=C(\C)OC(=O)C(=C)C. The second-order valence-electron chi connectivity index (χ2n) is 3.00. The Morgan fingerprint density at radius 2 is 1.47 bits per heavy atom. The highest BCUT2D eigenvalue weighted by atomic mass is 16.6. The minimum absolute atomic E-state index is 0.0533. The molecule has 0 unspecified atom stereocenters. The Morgan fingerprint density at radius 3 is 1.87 bits per heavy atom. The van der Waals surface area contributed by atoms with Crippen LogP contribution in [0.4, 0.5) is 0 Å². The lowest BCUT2D eigenvalue weighted by Gasteiger charge is -2.02. The number of carbonyl (C=O) groups excluding carboxylic acids is 2. The molecule has 0 bridgehead atoms. The van der Waals surface area contributed by atoms with Gasteiger partial charge in [-0.1, -0.05) is 13.2 Å². The van der Waals surface area contributed by atoms with Crippen LogP contribution in [0.25, 0.3) is 0 Å². The predicted molar refractivity (Wildman–Crippen MR) is 54.2 cm³/mol. The van der Waals surface area contributed by atoms with E-state index in [0.29, 0.717) is 0 Å². The van der Waals surface area contributed by atoms with E-state index in [2.05, 4.69) is 24.2 Å². The van der Waals surface area contributed by atoms with Crippen LogP contribution in [-0.4, -0.2) is 11.9 Å². The first-order valence-corrected chi connectivity index (χ1v) is 4.18. The average Bonchev–Trinajstić information content (AvgIpc) is 2.13. The zero-order valence-electron chi connectivity index (χ0n) is 9.05. The number of hydrogen-bond donors (Lipinski definition) is 0. The summed E-state index contributed by atoms with van der Waals surface area (Å²) < 4.78 is 9.22. The molecule has 0 rings (SSSR count). The van der Waals surface area contributed by atoms with Crippen molar-refractivity contribution in [2.45, 2.75) is 20.8 Å². The molecule has 0 aromatic rings. The van der Waals surface area contributed by atoms with E-state index in [4.69, 9.17) is 4.74 Å². The Hall–Kier alpha value is -1.84. The van der Waals surface area contributed by atoms with Crippen LogP contribution in [-0.2, 0) is 19.1 Å². The molecule has 0 saturated heterocycles. The van der Waals surface area contributed by atoms with Gasteiger partial charge in [-0.2, -0.15) is 0 Å². The highest BCUT2D eigenvalue weighted by Gasteiger charge is 2.06. The van der Waals surface area contributed by atoms with Crippen LogP contribution < -0.4 is 0 Å². The van der Waals surface area contributed by atoms with Gasteiger partial charge in [0.15, 0.2) is 5.76 Å². The van der Waals surface area contributed by atoms with E-state index in [1.165, 1.54) is 20.8 Å². The summed E-state index contributed by atoms with van der Waals surface area (Å²) in [5.74, 6) is -1.16. The summed E-state index contributed by atoms with van der Waals surface area (Å²) in [5, 5.41) is 0. The third kappa shape index (κ3) is 5.46. The van der Waals surface area contributed by atoms with Crippen molar-refractivity contribution >= 4 is 11.9 Å². The molecule has 0 N–H and O–H groups in total. The van der Waals surface area contributed by atoms with Gasteiger partial charge in [0.2, 0.25) is 6.26 Å². The van der Waals surface area contributed by atoms with Gasteiger partial charge >= 0.3 is 11.9 Å². The maximum Gasteiger partial charge on any atom is 0.338 e. The number of carbonyl (C=O) groups is 2. The van der Waals surface area contributed by atoms with Gasteiger partial charge in [0.05, 0.1) is 0 Å². The summed E-state index contributed by atoms with van der Waals surface area (Å²) in [7, 11) is 0. The van der Waals surface area contributed by atoms with Gasteiger partial charge in [0, 0.05) is 11.1 Å². The Kier molecular flexibility index (Phi) is 5.09.